The van der Waals surface area contributed by atoms with Gasteiger partial charge >= 0.3 is 5.97 Å². The van der Waals surface area contributed by atoms with Crippen molar-refractivity contribution in [3.05, 3.63) is 35.1 Å². The molecule has 4 nitrogen and oxygen atoms in total. The SMILES string of the molecule is Cc1cc(C(=O)N2CCC[C@@H](C(C)(C)C(=O)O)C2)ccc1F. The van der Waals surface area contributed by atoms with Crippen LogP contribution < -0.4 is 0 Å². The number of benzene rings is 1. The first-order valence-electron chi connectivity index (χ1n) is 7.52. The van der Waals surface area contributed by atoms with Crippen LogP contribution in [0.15, 0.2) is 18.2 Å². The monoisotopic (exact) mass is 307 g/mol. The predicted octanol–water partition coefficient (Wildman–Crippen LogP) is 3.10. The van der Waals surface area contributed by atoms with Crippen molar-refractivity contribution in [1.29, 1.82) is 0 Å². The minimum absolute atomic E-state index is 0.0794. The van der Waals surface area contributed by atoms with Crippen LogP contribution in [0.1, 0.15) is 42.6 Å². The van der Waals surface area contributed by atoms with E-state index in [1.165, 1.54) is 12.1 Å². The normalized spacial score (nSPS) is 19.1. The van der Waals surface area contributed by atoms with E-state index in [4.69, 9.17) is 0 Å². The second kappa shape index (κ2) is 6.07. The van der Waals surface area contributed by atoms with Gasteiger partial charge in [-0.25, -0.2) is 4.39 Å². The maximum Gasteiger partial charge on any atom is 0.309 e. The van der Waals surface area contributed by atoms with Gasteiger partial charge in [0.05, 0.1) is 5.41 Å². The van der Waals surface area contributed by atoms with Crippen LogP contribution >= 0.6 is 0 Å². The fraction of sp³-hybridized carbons (Fsp3) is 0.529. The number of amides is 1. The molecule has 1 aliphatic rings. The van der Waals surface area contributed by atoms with Crippen molar-refractivity contribution in [2.75, 3.05) is 13.1 Å². The van der Waals surface area contributed by atoms with Gasteiger partial charge in [-0.05, 0) is 63.3 Å². The first-order chi connectivity index (χ1) is 10.2. The Hall–Kier alpha value is -1.91. The van der Waals surface area contributed by atoms with Gasteiger partial charge in [0.2, 0.25) is 0 Å². The zero-order valence-corrected chi connectivity index (χ0v) is 13.2. The maximum atomic E-state index is 13.3. The van der Waals surface area contributed by atoms with Crippen molar-refractivity contribution in [3.63, 3.8) is 0 Å². The lowest BCUT2D eigenvalue weighted by atomic mass is 9.74. The predicted molar refractivity (Wildman–Crippen MR) is 81.2 cm³/mol. The topological polar surface area (TPSA) is 57.6 Å². The van der Waals surface area contributed by atoms with Crippen molar-refractivity contribution in [2.45, 2.75) is 33.6 Å². The minimum Gasteiger partial charge on any atom is -0.481 e. The van der Waals surface area contributed by atoms with Crippen LogP contribution in [0, 0.1) is 24.1 Å². The lowest BCUT2D eigenvalue weighted by Crippen LogP contribution is -2.46. The number of hydrogen-bond donors (Lipinski definition) is 1. The lowest BCUT2D eigenvalue weighted by Gasteiger charge is -2.39. The summed E-state index contributed by atoms with van der Waals surface area (Å²) in [7, 11) is 0. The summed E-state index contributed by atoms with van der Waals surface area (Å²) >= 11 is 0. The molecule has 2 rings (SSSR count). The number of halogens is 1. The van der Waals surface area contributed by atoms with Crippen molar-refractivity contribution in [1.82, 2.24) is 4.90 Å². The van der Waals surface area contributed by atoms with Crippen LogP contribution in [-0.2, 0) is 4.79 Å². The molecule has 1 aliphatic heterocycles. The second-order valence-corrected chi connectivity index (χ2v) is 6.58. The highest BCUT2D eigenvalue weighted by Crippen LogP contribution is 2.34. The van der Waals surface area contributed by atoms with Gasteiger partial charge < -0.3 is 10.0 Å². The molecule has 1 heterocycles. The fourth-order valence-corrected chi connectivity index (χ4v) is 2.89. The van der Waals surface area contributed by atoms with Crippen LogP contribution in [0.5, 0.6) is 0 Å². The summed E-state index contributed by atoms with van der Waals surface area (Å²) in [5.41, 5.74) is 0.0236. The Morgan fingerprint density at radius 2 is 2.05 bits per heavy atom. The number of nitrogens with zero attached hydrogens (tertiary/aromatic N) is 1. The van der Waals surface area contributed by atoms with Gasteiger partial charge in [0.15, 0.2) is 0 Å². The first kappa shape index (κ1) is 16.5. The number of piperidine rings is 1. The summed E-state index contributed by atoms with van der Waals surface area (Å²) in [6.07, 6.45) is 1.58. The molecule has 1 fully saturated rings. The van der Waals surface area contributed by atoms with Crippen molar-refractivity contribution >= 4 is 11.9 Å². The van der Waals surface area contributed by atoms with E-state index < -0.39 is 11.4 Å². The number of likely N-dealkylation sites (tertiary alicyclic amines) is 1. The molecule has 0 saturated carbocycles. The molecule has 120 valence electrons. The molecule has 5 heteroatoms. The molecule has 0 bridgehead atoms. The molecule has 1 aromatic carbocycles. The summed E-state index contributed by atoms with van der Waals surface area (Å²) in [5, 5.41) is 9.36. The van der Waals surface area contributed by atoms with Crippen LogP contribution in [0.25, 0.3) is 0 Å². The summed E-state index contributed by atoms with van der Waals surface area (Å²) in [6, 6.07) is 4.32. The molecule has 1 N–H and O–H groups in total. The minimum atomic E-state index is -0.863. The van der Waals surface area contributed by atoms with Crippen LogP contribution in [-0.4, -0.2) is 35.0 Å². The highest BCUT2D eigenvalue weighted by molar-refractivity contribution is 5.94. The van der Waals surface area contributed by atoms with Crippen LogP contribution in [0.3, 0.4) is 0 Å². The third kappa shape index (κ3) is 3.13. The van der Waals surface area contributed by atoms with Gasteiger partial charge in [0, 0.05) is 18.7 Å². The first-order valence-corrected chi connectivity index (χ1v) is 7.52. The van der Waals surface area contributed by atoms with E-state index in [0.717, 1.165) is 12.8 Å². The third-order valence-corrected chi connectivity index (χ3v) is 4.69. The summed E-state index contributed by atoms with van der Waals surface area (Å²) in [6.45, 7) is 6.07. The highest BCUT2D eigenvalue weighted by atomic mass is 19.1. The number of carboxylic acids is 1. The van der Waals surface area contributed by atoms with E-state index in [0.29, 0.717) is 24.2 Å². The Morgan fingerprint density at radius 3 is 2.64 bits per heavy atom. The maximum absolute atomic E-state index is 13.3. The molecule has 0 aliphatic carbocycles. The molecule has 1 atom stereocenters. The quantitative estimate of drug-likeness (QED) is 0.933. The molecular weight excluding hydrogens is 285 g/mol. The number of hydrogen-bond acceptors (Lipinski definition) is 2. The van der Waals surface area contributed by atoms with E-state index in [9.17, 15) is 19.1 Å². The molecule has 1 saturated heterocycles. The lowest BCUT2D eigenvalue weighted by molar-refractivity contribution is -0.151. The number of aliphatic carboxylic acids is 1. The van der Waals surface area contributed by atoms with Gasteiger partial charge in [-0.1, -0.05) is 0 Å². The van der Waals surface area contributed by atoms with Gasteiger partial charge in [-0.15, -0.1) is 0 Å². The van der Waals surface area contributed by atoms with Crippen LogP contribution in [0.4, 0.5) is 4.39 Å². The van der Waals surface area contributed by atoms with Gasteiger partial charge in [0.25, 0.3) is 5.91 Å². The van der Waals surface area contributed by atoms with E-state index in [1.54, 1.807) is 31.7 Å². The zero-order valence-electron chi connectivity index (χ0n) is 13.2. The Kier molecular flexibility index (Phi) is 4.54. The highest BCUT2D eigenvalue weighted by Gasteiger charge is 2.40. The van der Waals surface area contributed by atoms with E-state index in [2.05, 4.69) is 0 Å². The number of carboxylic acid groups (broad SMARTS) is 1. The molecule has 1 aromatic rings. The summed E-state index contributed by atoms with van der Waals surface area (Å²) < 4.78 is 13.3. The molecule has 0 spiro atoms. The fourth-order valence-electron chi connectivity index (χ4n) is 2.89. The van der Waals surface area contributed by atoms with E-state index >= 15 is 0 Å². The Bertz CT molecular complexity index is 598. The van der Waals surface area contributed by atoms with Crippen LogP contribution in [0.2, 0.25) is 0 Å². The Balaban J connectivity index is 2.16. The average Bonchev–Trinajstić information content (AvgIpc) is 2.49. The number of rotatable bonds is 3. The molecule has 0 radical (unpaired) electrons. The molecule has 0 unspecified atom stereocenters. The number of aryl methyl sites for hydroxylation is 1. The summed E-state index contributed by atoms with van der Waals surface area (Å²) in [5.74, 6) is -1.41. The Labute approximate surface area is 129 Å². The van der Waals surface area contributed by atoms with E-state index in [1.807, 2.05) is 0 Å². The van der Waals surface area contributed by atoms with Crippen molar-refractivity contribution < 1.29 is 19.1 Å². The van der Waals surface area contributed by atoms with Gasteiger partial charge in [0.1, 0.15) is 5.82 Å². The van der Waals surface area contributed by atoms with Crippen molar-refractivity contribution in [2.24, 2.45) is 11.3 Å². The smallest absolute Gasteiger partial charge is 0.309 e. The number of carbonyl (C=O) groups excluding carboxylic acids is 1. The summed E-state index contributed by atoms with van der Waals surface area (Å²) in [4.78, 5) is 25.7. The second-order valence-electron chi connectivity index (χ2n) is 6.58. The van der Waals surface area contributed by atoms with Crippen molar-refractivity contribution in [3.8, 4) is 0 Å². The third-order valence-electron chi connectivity index (χ3n) is 4.69. The average molecular weight is 307 g/mol. The molecular formula is C17H22FNO3. The van der Waals surface area contributed by atoms with E-state index in [-0.39, 0.29) is 17.6 Å². The molecule has 1 amide bonds. The number of carbonyl (C=O) groups is 2. The standard InChI is InChI=1S/C17H22FNO3/c1-11-9-12(6-7-14(11)18)15(20)19-8-4-5-13(10-19)17(2,3)16(21)22/h6-7,9,13H,4-5,8,10H2,1-3H3,(H,21,22)/t13-/m1/s1. The largest absolute Gasteiger partial charge is 0.481 e. The molecule has 22 heavy (non-hydrogen) atoms. The van der Waals surface area contributed by atoms with Gasteiger partial charge in [-0.2, -0.15) is 0 Å². The molecule has 0 aromatic heterocycles. The Morgan fingerprint density at radius 1 is 1.36 bits per heavy atom. The van der Waals surface area contributed by atoms with Gasteiger partial charge in [-0.3, -0.25) is 9.59 Å². The zero-order chi connectivity index (χ0) is 16.5.